The molecule has 2 N–H and O–H groups in total. The smallest absolute Gasteiger partial charge is 0.246 e. The van der Waals surface area contributed by atoms with Gasteiger partial charge in [0, 0.05) is 5.57 Å². The van der Waals surface area contributed by atoms with Crippen molar-refractivity contribution in [2.75, 3.05) is 0 Å². The minimum absolute atomic E-state index is 0.114. The zero-order valence-electron chi connectivity index (χ0n) is 5.63. The van der Waals surface area contributed by atoms with E-state index in [1.165, 1.54) is 13.0 Å². The second-order valence-electron chi connectivity index (χ2n) is 1.79. The van der Waals surface area contributed by atoms with Crippen molar-refractivity contribution < 1.29 is 9.59 Å². The monoisotopic (exact) mass is 140 g/mol. The van der Waals surface area contributed by atoms with Gasteiger partial charge < -0.3 is 5.73 Å². The van der Waals surface area contributed by atoms with Crippen LogP contribution in [0, 0.1) is 0 Å². The van der Waals surface area contributed by atoms with Gasteiger partial charge in [-0.3, -0.25) is 4.79 Å². The summed E-state index contributed by atoms with van der Waals surface area (Å²) >= 11 is 0. The molecule has 0 heterocycles. The van der Waals surface area contributed by atoms with Gasteiger partial charge in [0.2, 0.25) is 12.0 Å². The number of nitrogens with two attached hydrogens (primary N) is 1. The summed E-state index contributed by atoms with van der Waals surface area (Å²) in [6, 6.07) is -0.560. The minimum atomic E-state index is -0.647. The van der Waals surface area contributed by atoms with Crippen LogP contribution in [0.2, 0.25) is 0 Å². The number of isocyanates is 1. The number of hydrogen-bond donors (Lipinski definition) is 1. The largest absolute Gasteiger partial charge is 0.366 e. The van der Waals surface area contributed by atoms with Crippen molar-refractivity contribution in [3.63, 3.8) is 0 Å². The molecular formula is C6H8N2O2. The quantitative estimate of drug-likeness (QED) is 0.333. The van der Waals surface area contributed by atoms with E-state index in [4.69, 9.17) is 5.73 Å². The van der Waals surface area contributed by atoms with Crippen molar-refractivity contribution in [2.45, 2.75) is 13.0 Å². The molecule has 0 aromatic heterocycles. The van der Waals surface area contributed by atoms with Crippen LogP contribution in [-0.4, -0.2) is 18.0 Å². The number of carbonyl (C=O) groups excluding carboxylic acids is 2. The van der Waals surface area contributed by atoms with Crippen molar-refractivity contribution >= 4 is 12.0 Å². The van der Waals surface area contributed by atoms with Crippen molar-refractivity contribution in [2.24, 2.45) is 10.7 Å². The molecule has 0 rings (SSSR count). The molecule has 0 saturated carbocycles. The highest BCUT2D eigenvalue weighted by molar-refractivity contribution is 5.92. The van der Waals surface area contributed by atoms with E-state index in [2.05, 4.69) is 11.6 Å². The van der Waals surface area contributed by atoms with Crippen molar-refractivity contribution in [1.29, 1.82) is 0 Å². The minimum Gasteiger partial charge on any atom is -0.366 e. The van der Waals surface area contributed by atoms with Gasteiger partial charge in [-0.2, -0.15) is 4.99 Å². The summed E-state index contributed by atoms with van der Waals surface area (Å²) in [6.07, 6.45) is 1.31. The number of nitrogens with zero attached hydrogens (tertiary/aromatic N) is 1. The second kappa shape index (κ2) is 3.58. The molecule has 0 aromatic carbocycles. The predicted molar refractivity (Wildman–Crippen MR) is 35.9 cm³/mol. The van der Waals surface area contributed by atoms with E-state index < -0.39 is 11.9 Å². The molecular weight excluding hydrogens is 132 g/mol. The van der Waals surface area contributed by atoms with Crippen molar-refractivity contribution in [3.8, 4) is 0 Å². The second-order valence-corrected chi connectivity index (χ2v) is 1.79. The average molecular weight is 140 g/mol. The maximum Gasteiger partial charge on any atom is 0.246 e. The lowest BCUT2D eigenvalue weighted by molar-refractivity contribution is -0.114. The first kappa shape index (κ1) is 8.59. The molecule has 0 radical (unpaired) electrons. The standard InChI is InChI=1S/C6H8N2O2/c1-4(6(7)10)5(2)8-3-9/h5H,1H2,2H3,(H2,7,10). The van der Waals surface area contributed by atoms with E-state index in [-0.39, 0.29) is 5.57 Å². The number of amides is 1. The van der Waals surface area contributed by atoms with Gasteiger partial charge in [-0.1, -0.05) is 6.58 Å². The summed E-state index contributed by atoms with van der Waals surface area (Å²) in [7, 11) is 0. The fraction of sp³-hybridized carbons (Fsp3) is 0.333. The summed E-state index contributed by atoms with van der Waals surface area (Å²) in [6.45, 7) is 4.87. The highest BCUT2D eigenvalue weighted by Crippen LogP contribution is 2.00. The van der Waals surface area contributed by atoms with E-state index in [9.17, 15) is 9.59 Å². The Labute approximate surface area is 58.4 Å². The van der Waals surface area contributed by atoms with E-state index in [0.29, 0.717) is 0 Å². The Kier molecular flexibility index (Phi) is 3.08. The van der Waals surface area contributed by atoms with Gasteiger partial charge in [0.25, 0.3) is 0 Å². The van der Waals surface area contributed by atoms with Crippen LogP contribution >= 0.6 is 0 Å². The number of primary amides is 1. The van der Waals surface area contributed by atoms with Crippen LogP contribution < -0.4 is 5.73 Å². The van der Waals surface area contributed by atoms with E-state index in [1.54, 1.807) is 0 Å². The third-order valence-corrected chi connectivity index (χ3v) is 1.07. The van der Waals surface area contributed by atoms with Crippen LogP contribution in [0.25, 0.3) is 0 Å². The summed E-state index contributed by atoms with van der Waals surface area (Å²) in [5.41, 5.74) is 4.95. The van der Waals surface area contributed by atoms with Crippen molar-refractivity contribution in [1.82, 2.24) is 0 Å². The summed E-state index contributed by atoms with van der Waals surface area (Å²) < 4.78 is 0. The molecule has 0 fully saturated rings. The molecule has 0 aliphatic rings. The highest BCUT2D eigenvalue weighted by atomic mass is 16.1. The van der Waals surface area contributed by atoms with Crippen LogP contribution in [-0.2, 0) is 9.59 Å². The number of hydrogen-bond acceptors (Lipinski definition) is 3. The maximum absolute atomic E-state index is 10.3. The fourth-order valence-electron chi connectivity index (χ4n) is 0.363. The van der Waals surface area contributed by atoms with Crippen molar-refractivity contribution in [3.05, 3.63) is 12.2 Å². The summed E-state index contributed by atoms with van der Waals surface area (Å²) in [5.74, 6) is -0.647. The van der Waals surface area contributed by atoms with Gasteiger partial charge in [0.05, 0.1) is 6.04 Å². The molecule has 10 heavy (non-hydrogen) atoms. The van der Waals surface area contributed by atoms with E-state index >= 15 is 0 Å². The first-order valence-corrected chi connectivity index (χ1v) is 2.65. The zero-order valence-corrected chi connectivity index (χ0v) is 5.63. The number of rotatable bonds is 3. The predicted octanol–water partition coefficient (Wildman–Crippen LogP) is -0.248. The Hall–Kier alpha value is -1.41. The topological polar surface area (TPSA) is 72.5 Å². The van der Waals surface area contributed by atoms with Gasteiger partial charge >= 0.3 is 0 Å². The summed E-state index contributed by atoms with van der Waals surface area (Å²) in [5, 5.41) is 0. The molecule has 1 amide bonds. The lowest BCUT2D eigenvalue weighted by Gasteiger charge is -2.01. The van der Waals surface area contributed by atoms with Gasteiger partial charge in [-0.05, 0) is 6.92 Å². The molecule has 0 aliphatic heterocycles. The molecule has 4 nitrogen and oxygen atoms in total. The van der Waals surface area contributed by atoms with Crippen LogP contribution in [0.5, 0.6) is 0 Å². The number of carbonyl (C=O) groups is 1. The Morgan fingerprint density at radius 3 is 2.60 bits per heavy atom. The Bertz CT molecular complexity index is 204. The molecule has 0 aromatic rings. The maximum atomic E-state index is 10.3. The highest BCUT2D eigenvalue weighted by Gasteiger charge is 2.08. The van der Waals surface area contributed by atoms with E-state index in [1.807, 2.05) is 0 Å². The van der Waals surface area contributed by atoms with Crippen LogP contribution in [0.15, 0.2) is 17.1 Å². The summed E-state index contributed by atoms with van der Waals surface area (Å²) in [4.78, 5) is 23.2. The molecule has 1 unspecified atom stereocenters. The SMILES string of the molecule is C=C(C(N)=O)C(C)N=C=O. The normalized spacial score (nSPS) is 11.3. The molecule has 0 bridgehead atoms. The molecule has 0 saturated heterocycles. The van der Waals surface area contributed by atoms with Gasteiger partial charge in [-0.15, -0.1) is 0 Å². The first-order chi connectivity index (χ1) is 4.59. The zero-order chi connectivity index (χ0) is 8.15. The van der Waals surface area contributed by atoms with Crippen LogP contribution in [0.3, 0.4) is 0 Å². The van der Waals surface area contributed by atoms with Crippen LogP contribution in [0.1, 0.15) is 6.92 Å². The third-order valence-electron chi connectivity index (χ3n) is 1.07. The third kappa shape index (κ3) is 2.24. The lowest BCUT2D eigenvalue weighted by atomic mass is 10.1. The Morgan fingerprint density at radius 2 is 2.30 bits per heavy atom. The Morgan fingerprint density at radius 1 is 1.80 bits per heavy atom. The van der Waals surface area contributed by atoms with Crippen LogP contribution in [0.4, 0.5) is 0 Å². The lowest BCUT2D eigenvalue weighted by Crippen LogP contribution is -2.19. The van der Waals surface area contributed by atoms with E-state index in [0.717, 1.165) is 0 Å². The average Bonchev–Trinajstić information content (AvgIpc) is 1.87. The van der Waals surface area contributed by atoms with Gasteiger partial charge in [0.1, 0.15) is 0 Å². The molecule has 4 heteroatoms. The Balaban J connectivity index is 4.21. The fourth-order valence-corrected chi connectivity index (χ4v) is 0.363. The molecule has 1 atom stereocenters. The van der Waals surface area contributed by atoms with Gasteiger partial charge in [-0.25, -0.2) is 4.79 Å². The van der Waals surface area contributed by atoms with Gasteiger partial charge in [0.15, 0.2) is 0 Å². The molecule has 54 valence electrons. The first-order valence-electron chi connectivity index (χ1n) is 2.65. The molecule has 0 aliphatic carbocycles. The number of aliphatic imine (C=N–C) groups is 1. The molecule has 0 spiro atoms.